The molecule has 10 heteroatoms. The van der Waals surface area contributed by atoms with Gasteiger partial charge in [0.05, 0.1) is 11.4 Å². The van der Waals surface area contributed by atoms with Gasteiger partial charge in [0, 0.05) is 42.3 Å². The van der Waals surface area contributed by atoms with E-state index >= 15 is 0 Å². The molecular weight excluding hydrogens is 465 g/mol. The number of nitrogens with zero attached hydrogens (tertiary/aromatic N) is 2. The molecule has 154 valence electrons. The zero-order valence-electron chi connectivity index (χ0n) is 15.6. The lowest BCUT2D eigenvalue weighted by molar-refractivity contribution is -0.122. The van der Waals surface area contributed by atoms with Crippen molar-refractivity contribution in [2.45, 2.75) is 11.4 Å². The number of rotatable bonds is 5. The van der Waals surface area contributed by atoms with Crippen molar-refractivity contribution in [3.63, 3.8) is 0 Å². The lowest BCUT2D eigenvalue weighted by atomic mass is 10.1. The molecule has 1 N–H and O–H groups in total. The van der Waals surface area contributed by atoms with E-state index in [1.165, 1.54) is 42.3 Å². The molecule has 1 aliphatic rings. The molecule has 0 aromatic heterocycles. The van der Waals surface area contributed by atoms with Gasteiger partial charge >= 0.3 is 0 Å². The van der Waals surface area contributed by atoms with Crippen molar-refractivity contribution in [1.82, 2.24) is 14.5 Å². The van der Waals surface area contributed by atoms with Crippen molar-refractivity contribution in [2.24, 2.45) is 0 Å². The van der Waals surface area contributed by atoms with Crippen LogP contribution in [0.15, 0.2) is 51.8 Å². The first kappa shape index (κ1) is 21.4. The standard InChI is InChI=1S/C19H19BrFN3O4S/c1-23(11-14-9-15(20)5-6-17(14)21)19(26)13-3-2-4-16(10-13)29(27,28)24-8-7-22-18(25)12-24/h2-6,9-10H,7-8,11-12H2,1H3,(H,22,25). The second-order valence-corrected chi connectivity index (χ2v) is 9.47. The maximum Gasteiger partial charge on any atom is 0.253 e. The van der Waals surface area contributed by atoms with E-state index < -0.39 is 21.7 Å². The number of hydrogen-bond donors (Lipinski definition) is 1. The molecule has 1 aliphatic heterocycles. The van der Waals surface area contributed by atoms with Crippen LogP contribution in [-0.2, 0) is 21.4 Å². The Bertz CT molecular complexity index is 1060. The predicted molar refractivity (Wildman–Crippen MR) is 108 cm³/mol. The van der Waals surface area contributed by atoms with Gasteiger partial charge in [-0.1, -0.05) is 22.0 Å². The topological polar surface area (TPSA) is 86.8 Å². The Morgan fingerprint density at radius 1 is 1.28 bits per heavy atom. The highest BCUT2D eigenvalue weighted by atomic mass is 79.9. The molecule has 0 atom stereocenters. The predicted octanol–water partition coefficient (Wildman–Crippen LogP) is 1.98. The summed E-state index contributed by atoms with van der Waals surface area (Å²) in [5, 5.41) is 2.57. The van der Waals surface area contributed by atoms with E-state index in [1.54, 1.807) is 12.1 Å². The summed E-state index contributed by atoms with van der Waals surface area (Å²) in [5.41, 5.74) is 0.490. The molecule has 2 aromatic rings. The third kappa shape index (κ3) is 4.82. The SMILES string of the molecule is CN(Cc1cc(Br)ccc1F)C(=O)c1cccc(S(=O)(=O)N2CCNC(=O)C2)c1. The fourth-order valence-corrected chi connectivity index (χ4v) is 4.82. The number of amides is 2. The highest BCUT2D eigenvalue weighted by molar-refractivity contribution is 9.10. The summed E-state index contributed by atoms with van der Waals surface area (Å²) in [7, 11) is -2.40. The van der Waals surface area contributed by atoms with Gasteiger partial charge in [0.25, 0.3) is 5.91 Å². The van der Waals surface area contributed by atoms with Crippen LogP contribution < -0.4 is 5.32 Å². The molecule has 0 aliphatic carbocycles. The van der Waals surface area contributed by atoms with Gasteiger partial charge in [-0.15, -0.1) is 0 Å². The first-order valence-electron chi connectivity index (χ1n) is 8.75. The van der Waals surface area contributed by atoms with Gasteiger partial charge in [0.1, 0.15) is 5.82 Å². The van der Waals surface area contributed by atoms with Gasteiger partial charge in [-0.2, -0.15) is 4.31 Å². The van der Waals surface area contributed by atoms with Crippen LogP contribution in [0, 0.1) is 5.82 Å². The summed E-state index contributed by atoms with van der Waals surface area (Å²) in [6.07, 6.45) is 0. The molecule has 29 heavy (non-hydrogen) atoms. The minimum absolute atomic E-state index is 0.0212. The van der Waals surface area contributed by atoms with Crippen LogP contribution in [0.2, 0.25) is 0 Å². The summed E-state index contributed by atoms with van der Waals surface area (Å²) in [4.78, 5) is 25.5. The van der Waals surface area contributed by atoms with E-state index in [2.05, 4.69) is 21.2 Å². The molecule has 0 radical (unpaired) electrons. The Balaban J connectivity index is 1.82. The number of carbonyl (C=O) groups excluding carboxylic acids is 2. The molecule has 2 aromatic carbocycles. The average Bonchev–Trinajstić information content (AvgIpc) is 2.70. The van der Waals surface area contributed by atoms with Crippen molar-refractivity contribution in [3.05, 3.63) is 63.9 Å². The molecule has 1 heterocycles. The van der Waals surface area contributed by atoms with Crippen molar-refractivity contribution in [2.75, 3.05) is 26.7 Å². The van der Waals surface area contributed by atoms with Crippen molar-refractivity contribution < 1.29 is 22.4 Å². The maximum absolute atomic E-state index is 14.0. The van der Waals surface area contributed by atoms with Crippen LogP contribution in [0.4, 0.5) is 4.39 Å². The summed E-state index contributed by atoms with van der Waals surface area (Å²) >= 11 is 3.27. The third-order valence-corrected chi connectivity index (χ3v) is 6.82. The zero-order chi connectivity index (χ0) is 21.2. The van der Waals surface area contributed by atoms with Crippen LogP contribution in [0.25, 0.3) is 0 Å². The number of carbonyl (C=O) groups is 2. The molecule has 3 rings (SSSR count). The smallest absolute Gasteiger partial charge is 0.253 e. The Morgan fingerprint density at radius 3 is 2.76 bits per heavy atom. The van der Waals surface area contributed by atoms with Crippen LogP contribution in [0.1, 0.15) is 15.9 Å². The molecule has 0 unspecified atom stereocenters. The van der Waals surface area contributed by atoms with Crippen molar-refractivity contribution >= 4 is 37.8 Å². The minimum atomic E-state index is -3.91. The lowest BCUT2D eigenvalue weighted by Crippen LogP contribution is -2.49. The van der Waals surface area contributed by atoms with Gasteiger partial charge in [-0.05, 0) is 36.4 Å². The van der Waals surface area contributed by atoms with E-state index in [4.69, 9.17) is 0 Å². The normalized spacial score (nSPS) is 15.1. The van der Waals surface area contributed by atoms with Gasteiger partial charge < -0.3 is 10.2 Å². The summed E-state index contributed by atoms with van der Waals surface area (Å²) < 4.78 is 41.4. The van der Waals surface area contributed by atoms with E-state index in [0.717, 1.165) is 4.31 Å². The minimum Gasteiger partial charge on any atom is -0.354 e. The Hall–Kier alpha value is -2.30. The van der Waals surface area contributed by atoms with Gasteiger partial charge in [0.2, 0.25) is 15.9 Å². The lowest BCUT2D eigenvalue weighted by Gasteiger charge is -2.26. The number of hydrogen-bond acceptors (Lipinski definition) is 4. The van der Waals surface area contributed by atoms with E-state index in [1.807, 2.05) is 0 Å². The fourth-order valence-electron chi connectivity index (χ4n) is 2.97. The molecule has 0 saturated carbocycles. The highest BCUT2D eigenvalue weighted by Crippen LogP contribution is 2.20. The second kappa shape index (κ2) is 8.60. The summed E-state index contributed by atoms with van der Waals surface area (Å²) in [6.45, 7) is 0.155. The zero-order valence-corrected chi connectivity index (χ0v) is 18.0. The second-order valence-electron chi connectivity index (χ2n) is 6.61. The number of halogens is 2. The van der Waals surface area contributed by atoms with Crippen LogP contribution in [-0.4, -0.2) is 56.1 Å². The summed E-state index contributed by atoms with van der Waals surface area (Å²) in [5.74, 6) is -1.26. The molecular formula is C19H19BrFN3O4S. The quantitative estimate of drug-likeness (QED) is 0.704. The maximum atomic E-state index is 14.0. The average molecular weight is 484 g/mol. The van der Waals surface area contributed by atoms with E-state index in [0.29, 0.717) is 10.0 Å². The number of piperazine rings is 1. The number of nitrogens with one attached hydrogen (secondary N) is 1. The Morgan fingerprint density at radius 2 is 2.03 bits per heavy atom. The Labute approximate surface area is 176 Å². The molecule has 2 amide bonds. The number of sulfonamides is 1. The molecule has 7 nitrogen and oxygen atoms in total. The third-order valence-electron chi connectivity index (χ3n) is 4.48. The van der Waals surface area contributed by atoms with Crippen LogP contribution in [0.3, 0.4) is 0 Å². The van der Waals surface area contributed by atoms with Crippen LogP contribution in [0.5, 0.6) is 0 Å². The molecule has 1 saturated heterocycles. The van der Waals surface area contributed by atoms with E-state index in [-0.39, 0.29) is 42.5 Å². The molecule has 1 fully saturated rings. The first-order valence-corrected chi connectivity index (χ1v) is 11.0. The highest BCUT2D eigenvalue weighted by Gasteiger charge is 2.29. The van der Waals surface area contributed by atoms with Crippen molar-refractivity contribution in [1.29, 1.82) is 0 Å². The van der Waals surface area contributed by atoms with Crippen molar-refractivity contribution in [3.8, 4) is 0 Å². The Kier molecular flexibility index (Phi) is 6.35. The van der Waals surface area contributed by atoms with Crippen LogP contribution >= 0.6 is 15.9 Å². The summed E-state index contributed by atoms with van der Waals surface area (Å²) in [6, 6.07) is 10.1. The van der Waals surface area contributed by atoms with Gasteiger partial charge in [0.15, 0.2) is 0 Å². The molecule has 0 bridgehead atoms. The first-order chi connectivity index (χ1) is 13.7. The monoisotopic (exact) mass is 483 g/mol. The fraction of sp³-hybridized carbons (Fsp3) is 0.263. The van der Waals surface area contributed by atoms with Gasteiger partial charge in [-0.25, -0.2) is 12.8 Å². The largest absolute Gasteiger partial charge is 0.354 e. The molecule has 0 spiro atoms. The van der Waals surface area contributed by atoms with E-state index in [9.17, 15) is 22.4 Å². The van der Waals surface area contributed by atoms with Gasteiger partial charge in [-0.3, -0.25) is 9.59 Å². The number of benzene rings is 2.